The molecule has 0 aromatic carbocycles. The summed E-state index contributed by atoms with van der Waals surface area (Å²) in [6.45, 7) is 1.08. The van der Waals surface area contributed by atoms with Gasteiger partial charge in [-0.1, -0.05) is 32.1 Å². The number of rotatable bonds is 5. The third-order valence-corrected chi connectivity index (χ3v) is 6.52. The van der Waals surface area contributed by atoms with E-state index in [1.54, 1.807) is 4.88 Å². The van der Waals surface area contributed by atoms with E-state index in [0.717, 1.165) is 24.4 Å². The molecule has 2 nitrogen and oxygen atoms in total. The van der Waals surface area contributed by atoms with Crippen LogP contribution in [-0.2, 0) is 6.54 Å². The lowest BCUT2D eigenvalue weighted by atomic mass is 9.92. The second-order valence-electron chi connectivity index (χ2n) is 7.33. The van der Waals surface area contributed by atoms with Crippen LogP contribution in [0.1, 0.15) is 98.0 Å². The van der Waals surface area contributed by atoms with Gasteiger partial charge in [0.25, 0.3) is 0 Å². The van der Waals surface area contributed by atoms with Gasteiger partial charge in [-0.05, 0) is 38.5 Å². The molecule has 3 fully saturated rings. The third kappa shape index (κ3) is 3.68. The maximum absolute atomic E-state index is 5.15. The van der Waals surface area contributed by atoms with Crippen LogP contribution in [0, 0.1) is 0 Å². The summed E-state index contributed by atoms with van der Waals surface area (Å²) in [6, 6.07) is 0.809. The topological polar surface area (TPSA) is 24.9 Å². The lowest BCUT2D eigenvalue weighted by Crippen LogP contribution is -2.15. The van der Waals surface area contributed by atoms with Crippen LogP contribution >= 0.6 is 11.3 Å². The van der Waals surface area contributed by atoms with Crippen molar-refractivity contribution in [3.8, 4) is 0 Å². The van der Waals surface area contributed by atoms with E-state index in [1.165, 1.54) is 81.3 Å². The van der Waals surface area contributed by atoms with Gasteiger partial charge < -0.3 is 5.32 Å². The van der Waals surface area contributed by atoms with E-state index in [4.69, 9.17) is 4.98 Å². The molecular weight excluding hydrogens is 276 g/mol. The predicted octanol–water partition coefficient (Wildman–Crippen LogP) is 5.10. The number of aromatic nitrogens is 1. The minimum atomic E-state index is 0.766. The lowest BCUT2D eigenvalue weighted by molar-refractivity contribution is 0.454. The minimum Gasteiger partial charge on any atom is -0.309 e. The van der Waals surface area contributed by atoms with Crippen molar-refractivity contribution in [1.82, 2.24) is 10.3 Å². The number of hydrogen-bond acceptors (Lipinski definition) is 3. The molecule has 3 aliphatic rings. The SMILES string of the molecule is C1CCCC(c2nc(C3CC3)c(CNC3CC3)s2)CCC1. The highest BCUT2D eigenvalue weighted by Crippen LogP contribution is 2.45. The molecule has 116 valence electrons. The van der Waals surface area contributed by atoms with E-state index in [-0.39, 0.29) is 0 Å². The van der Waals surface area contributed by atoms with Crippen molar-refractivity contribution in [2.75, 3.05) is 0 Å². The van der Waals surface area contributed by atoms with Crippen LogP contribution in [0.15, 0.2) is 0 Å². The first-order chi connectivity index (χ1) is 10.4. The Morgan fingerprint density at radius 3 is 2.24 bits per heavy atom. The Morgan fingerprint density at radius 2 is 1.57 bits per heavy atom. The Hall–Kier alpha value is -0.410. The average molecular weight is 305 g/mol. The maximum atomic E-state index is 5.15. The Kier molecular flexibility index (Phi) is 4.31. The molecule has 1 aromatic rings. The number of thiazole rings is 1. The highest BCUT2D eigenvalue weighted by atomic mass is 32.1. The van der Waals surface area contributed by atoms with Crippen molar-refractivity contribution < 1.29 is 0 Å². The predicted molar refractivity (Wildman–Crippen MR) is 89.0 cm³/mol. The van der Waals surface area contributed by atoms with Crippen LogP contribution in [-0.4, -0.2) is 11.0 Å². The van der Waals surface area contributed by atoms with Crippen molar-refractivity contribution in [1.29, 1.82) is 0 Å². The van der Waals surface area contributed by atoms with Crippen molar-refractivity contribution in [2.24, 2.45) is 0 Å². The number of hydrogen-bond donors (Lipinski definition) is 1. The fourth-order valence-corrected chi connectivity index (χ4v) is 4.86. The van der Waals surface area contributed by atoms with E-state index in [2.05, 4.69) is 5.32 Å². The first kappa shape index (κ1) is 14.2. The van der Waals surface area contributed by atoms with Crippen LogP contribution in [0.5, 0.6) is 0 Å². The van der Waals surface area contributed by atoms with Crippen LogP contribution in [0.2, 0.25) is 0 Å². The van der Waals surface area contributed by atoms with Gasteiger partial charge in [0.05, 0.1) is 10.7 Å². The standard InChI is InChI=1S/C18H28N2S/c1-2-4-6-14(7-5-3-1)18-20-17(13-8-9-13)16(21-18)12-19-15-10-11-15/h13-15,19H,1-12H2. The molecule has 0 spiro atoms. The Bertz CT molecular complexity index is 466. The molecule has 3 heteroatoms. The van der Waals surface area contributed by atoms with Crippen LogP contribution in [0.25, 0.3) is 0 Å². The first-order valence-corrected chi connectivity index (χ1v) is 9.94. The Morgan fingerprint density at radius 1 is 0.857 bits per heavy atom. The fourth-order valence-electron chi connectivity index (χ4n) is 3.59. The summed E-state index contributed by atoms with van der Waals surface area (Å²) in [5.74, 6) is 1.57. The molecule has 0 amide bonds. The lowest BCUT2D eigenvalue weighted by Gasteiger charge is -2.17. The van der Waals surface area contributed by atoms with Crippen LogP contribution < -0.4 is 5.32 Å². The van der Waals surface area contributed by atoms with Gasteiger partial charge in [-0.25, -0.2) is 4.98 Å². The van der Waals surface area contributed by atoms with Gasteiger partial charge in [-0.3, -0.25) is 0 Å². The molecule has 0 saturated heterocycles. The molecule has 21 heavy (non-hydrogen) atoms. The van der Waals surface area contributed by atoms with Gasteiger partial charge >= 0.3 is 0 Å². The highest BCUT2D eigenvalue weighted by molar-refractivity contribution is 7.11. The van der Waals surface area contributed by atoms with E-state index < -0.39 is 0 Å². The zero-order valence-electron chi connectivity index (χ0n) is 13.1. The molecule has 0 bridgehead atoms. The molecule has 0 aliphatic heterocycles. The second kappa shape index (κ2) is 6.37. The quantitative estimate of drug-likeness (QED) is 0.818. The monoisotopic (exact) mass is 304 g/mol. The highest BCUT2D eigenvalue weighted by Gasteiger charge is 2.31. The van der Waals surface area contributed by atoms with Gasteiger partial charge in [-0.2, -0.15) is 0 Å². The first-order valence-electron chi connectivity index (χ1n) is 9.13. The summed E-state index contributed by atoms with van der Waals surface area (Å²) in [7, 11) is 0. The number of nitrogens with one attached hydrogen (secondary N) is 1. The molecule has 3 aliphatic carbocycles. The molecule has 4 rings (SSSR count). The third-order valence-electron chi connectivity index (χ3n) is 5.29. The summed E-state index contributed by atoms with van der Waals surface area (Å²) in [5.41, 5.74) is 1.48. The summed E-state index contributed by atoms with van der Waals surface area (Å²) in [5, 5.41) is 5.18. The molecule has 0 atom stereocenters. The normalized spacial score (nSPS) is 24.8. The van der Waals surface area contributed by atoms with E-state index in [1.807, 2.05) is 11.3 Å². The fraction of sp³-hybridized carbons (Fsp3) is 0.833. The largest absolute Gasteiger partial charge is 0.309 e. The van der Waals surface area contributed by atoms with E-state index in [9.17, 15) is 0 Å². The summed E-state index contributed by atoms with van der Waals surface area (Å²) >= 11 is 2.05. The van der Waals surface area contributed by atoms with E-state index in [0.29, 0.717) is 0 Å². The van der Waals surface area contributed by atoms with Crippen LogP contribution in [0.3, 0.4) is 0 Å². The Balaban J connectivity index is 1.48. The van der Waals surface area contributed by atoms with Crippen molar-refractivity contribution >= 4 is 11.3 Å². The van der Waals surface area contributed by atoms with Crippen molar-refractivity contribution in [2.45, 2.75) is 95.1 Å². The summed E-state index contributed by atoms with van der Waals surface area (Å²) < 4.78 is 0. The molecular formula is C18H28N2S. The molecule has 3 saturated carbocycles. The molecule has 1 heterocycles. The molecule has 1 aromatic heterocycles. The number of nitrogens with zero attached hydrogens (tertiary/aromatic N) is 1. The van der Waals surface area contributed by atoms with Gasteiger partial charge in [0, 0.05) is 29.3 Å². The molecule has 0 radical (unpaired) electrons. The van der Waals surface area contributed by atoms with Crippen molar-refractivity contribution in [3.05, 3.63) is 15.6 Å². The zero-order valence-corrected chi connectivity index (χ0v) is 13.9. The van der Waals surface area contributed by atoms with E-state index >= 15 is 0 Å². The van der Waals surface area contributed by atoms with Crippen LogP contribution in [0.4, 0.5) is 0 Å². The van der Waals surface area contributed by atoms with Crippen molar-refractivity contribution in [3.63, 3.8) is 0 Å². The van der Waals surface area contributed by atoms with Gasteiger partial charge in [0.1, 0.15) is 0 Å². The van der Waals surface area contributed by atoms with Gasteiger partial charge in [-0.15, -0.1) is 11.3 Å². The average Bonchev–Trinajstić information content (AvgIpc) is 3.36. The Labute approximate surface area is 132 Å². The van der Waals surface area contributed by atoms with Gasteiger partial charge in [0.15, 0.2) is 0 Å². The summed E-state index contributed by atoms with van der Waals surface area (Å²) in [6.07, 6.45) is 15.4. The smallest absolute Gasteiger partial charge is 0.0962 e. The molecule has 0 unspecified atom stereocenters. The molecule has 1 N–H and O–H groups in total. The van der Waals surface area contributed by atoms with Gasteiger partial charge in [0.2, 0.25) is 0 Å². The zero-order chi connectivity index (χ0) is 14.1. The maximum Gasteiger partial charge on any atom is 0.0962 e. The minimum absolute atomic E-state index is 0.766. The summed E-state index contributed by atoms with van der Waals surface area (Å²) in [4.78, 5) is 6.72. The second-order valence-corrected chi connectivity index (χ2v) is 8.45.